The molecule has 1 aliphatic rings. The Morgan fingerprint density at radius 2 is 1.62 bits per heavy atom. The molecular formula is C18H21N7S. The molecule has 0 unspecified atom stereocenters. The van der Waals surface area contributed by atoms with Gasteiger partial charge in [-0.2, -0.15) is 5.10 Å². The van der Waals surface area contributed by atoms with Gasteiger partial charge < -0.3 is 9.80 Å². The first-order valence-electron chi connectivity index (χ1n) is 8.59. The minimum Gasteiger partial charge on any atom is -0.353 e. The second-order valence-corrected chi connectivity index (χ2v) is 6.91. The quantitative estimate of drug-likeness (QED) is 0.518. The number of rotatable bonds is 4. The molecule has 0 saturated carbocycles. The number of hydrogen-bond acceptors (Lipinski definition) is 7. The van der Waals surface area contributed by atoms with Crippen molar-refractivity contribution in [1.82, 2.24) is 24.7 Å². The molecule has 134 valence electrons. The summed E-state index contributed by atoms with van der Waals surface area (Å²) in [5, 5.41) is 5.09. The fourth-order valence-corrected chi connectivity index (χ4v) is 3.48. The van der Waals surface area contributed by atoms with E-state index < -0.39 is 0 Å². The third-order valence-corrected chi connectivity index (χ3v) is 4.94. The Morgan fingerprint density at radius 1 is 0.885 bits per heavy atom. The van der Waals surface area contributed by atoms with Crippen molar-refractivity contribution in [3.63, 3.8) is 0 Å². The number of thioether (sulfide) groups is 1. The van der Waals surface area contributed by atoms with E-state index in [-0.39, 0.29) is 0 Å². The summed E-state index contributed by atoms with van der Waals surface area (Å²) in [6, 6.07) is 10.0. The zero-order valence-electron chi connectivity index (χ0n) is 14.9. The van der Waals surface area contributed by atoms with Gasteiger partial charge in [0.1, 0.15) is 11.6 Å². The number of anilines is 2. The van der Waals surface area contributed by atoms with E-state index in [0.717, 1.165) is 54.5 Å². The Balaban J connectivity index is 1.47. The second kappa shape index (κ2) is 7.33. The molecule has 1 saturated heterocycles. The lowest BCUT2D eigenvalue weighted by atomic mass is 10.3. The molecule has 0 amide bonds. The van der Waals surface area contributed by atoms with Crippen LogP contribution in [0.15, 0.2) is 47.9 Å². The van der Waals surface area contributed by atoms with Crippen LogP contribution in [0.1, 0.15) is 5.69 Å². The molecule has 0 aromatic carbocycles. The summed E-state index contributed by atoms with van der Waals surface area (Å²) in [5.74, 6) is 2.84. The molecule has 0 atom stereocenters. The Morgan fingerprint density at radius 3 is 2.31 bits per heavy atom. The van der Waals surface area contributed by atoms with Crippen molar-refractivity contribution in [1.29, 1.82) is 0 Å². The SMILES string of the molecule is CSc1nc(C)cc(N2CCN(c3cccc(-n4cccn4)n3)CC2)n1. The molecule has 7 nitrogen and oxygen atoms in total. The summed E-state index contributed by atoms with van der Waals surface area (Å²) in [4.78, 5) is 18.5. The first-order valence-corrected chi connectivity index (χ1v) is 9.82. The number of hydrogen-bond donors (Lipinski definition) is 0. The molecule has 4 rings (SSSR count). The number of piperazine rings is 1. The van der Waals surface area contributed by atoms with Crippen molar-refractivity contribution in [2.45, 2.75) is 12.1 Å². The van der Waals surface area contributed by atoms with Gasteiger partial charge in [-0.1, -0.05) is 17.8 Å². The van der Waals surface area contributed by atoms with Crippen LogP contribution in [0.4, 0.5) is 11.6 Å². The summed E-state index contributed by atoms with van der Waals surface area (Å²) >= 11 is 1.58. The van der Waals surface area contributed by atoms with Crippen molar-refractivity contribution in [3.05, 3.63) is 48.4 Å². The molecule has 1 aliphatic heterocycles. The molecule has 0 radical (unpaired) electrons. The molecule has 0 N–H and O–H groups in total. The van der Waals surface area contributed by atoms with E-state index in [1.54, 1.807) is 22.6 Å². The number of aryl methyl sites for hydroxylation is 1. The maximum atomic E-state index is 4.76. The molecule has 8 heteroatoms. The second-order valence-electron chi connectivity index (χ2n) is 6.13. The molecule has 3 aromatic rings. The predicted molar refractivity (Wildman–Crippen MR) is 104 cm³/mol. The lowest BCUT2D eigenvalue weighted by molar-refractivity contribution is 0.636. The van der Waals surface area contributed by atoms with Gasteiger partial charge >= 0.3 is 0 Å². The Hall–Kier alpha value is -2.61. The summed E-state index contributed by atoms with van der Waals surface area (Å²) in [7, 11) is 0. The van der Waals surface area contributed by atoms with Gasteiger partial charge in [0.05, 0.1) is 0 Å². The fraction of sp³-hybridized carbons (Fsp3) is 0.333. The van der Waals surface area contributed by atoms with Crippen LogP contribution in [0.3, 0.4) is 0 Å². The van der Waals surface area contributed by atoms with Crippen LogP contribution in [-0.4, -0.2) is 57.2 Å². The van der Waals surface area contributed by atoms with Crippen LogP contribution in [0.5, 0.6) is 0 Å². The van der Waals surface area contributed by atoms with Crippen molar-refractivity contribution >= 4 is 23.4 Å². The first-order chi connectivity index (χ1) is 12.7. The predicted octanol–water partition coefficient (Wildman–Crippen LogP) is 2.41. The van der Waals surface area contributed by atoms with E-state index in [0.29, 0.717) is 0 Å². The van der Waals surface area contributed by atoms with Gasteiger partial charge in [0.2, 0.25) is 0 Å². The molecule has 0 aliphatic carbocycles. The molecule has 3 aromatic heterocycles. The van der Waals surface area contributed by atoms with E-state index in [4.69, 9.17) is 4.98 Å². The average molecular weight is 367 g/mol. The molecular weight excluding hydrogens is 346 g/mol. The van der Waals surface area contributed by atoms with Crippen molar-refractivity contribution in [2.24, 2.45) is 0 Å². The van der Waals surface area contributed by atoms with E-state index in [9.17, 15) is 0 Å². The van der Waals surface area contributed by atoms with E-state index >= 15 is 0 Å². The zero-order valence-corrected chi connectivity index (χ0v) is 15.7. The topological polar surface area (TPSA) is 63.0 Å². The highest BCUT2D eigenvalue weighted by atomic mass is 32.2. The highest BCUT2D eigenvalue weighted by molar-refractivity contribution is 7.98. The monoisotopic (exact) mass is 367 g/mol. The smallest absolute Gasteiger partial charge is 0.189 e. The maximum Gasteiger partial charge on any atom is 0.189 e. The minimum absolute atomic E-state index is 0.830. The van der Waals surface area contributed by atoms with Gasteiger partial charge in [0.15, 0.2) is 11.0 Å². The average Bonchev–Trinajstić information content (AvgIpc) is 3.22. The number of pyridine rings is 1. The summed E-state index contributed by atoms with van der Waals surface area (Å²) in [6.45, 7) is 5.67. The third-order valence-electron chi connectivity index (χ3n) is 4.39. The van der Waals surface area contributed by atoms with Gasteiger partial charge in [0.25, 0.3) is 0 Å². The van der Waals surface area contributed by atoms with E-state index in [1.165, 1.54) is 0 Å². The molecule has 26 heavy (non-hydrogen) atoms. The van der Waals surface area contributed by atoms with Crippen LogP contribution >= 0.6 is 11.8 Å². The first kappa shape index (κ1) is 16.8. The Kier molecular flexibility index (Phi) is 4.75. The molecule has 0 bridgehead atoms. The van der Waals surface area contributed by atoms with Crippen LogP contribution in [0, 0.1) is 6.92 Å². The Labute approximate surface area is 157 Å². The lowest BCUT2D eigenvalue weighted by Crippen LogP contribution is -2.47. The largest absolute Gasteiger partial charge is 0.353 e. The molecule has 0 spiro atoms. The Bertz CT molecular complexity index is 873. The van der Waals surface area contributed by atoms with Gasteiger partial charge in [-0.15, -0.1) is 0 Å². The maximum absolute atomic E-state index is 4.76. The third kappa shape index (κ3) is 3.50. The summed E-state index contributed by atoms with van der Waals surface area (Å²) < 4.78 is 1.79. The molecule has 1 fully saturated rings. The lowest BCUT2D eigenvalue weighted by Gasteiger charge is -2.36. The van der Waals surface area contributed by atoms with E-state index in [1.807, 2.05) is 37.6 Å². The van der Waals surface area contributed by atoms with Crippen LogP contribution in [0.25, 0.3) is 5.82 Å². The summed E-state index contributed by atoms with van der Waals surface area (Å²) in [6.07, 6.45) is 5.68. The number of nitrogens with zero attached hydrogens (tertiary/aromatic N) is 7. The van der Waals surface area contributed by atoms with Gasteiger partial charge in [-0.3, -0.25) is 0 Å². The standard InChI is InChI=1S/C18H21N7S/c1-14-13-17(22-18(20-14)26-2)24-11-9-23(10-12-24)15-5-3-6-16(21-15)25-8-4-7-19-25/h3-8,13H,9-12H2,1-2H3. The van der Waals surface area contributed by atoms with Crippen LogP contribution < -0.4 is 9.80 Å². The van der Waals surface area contributed by atoms with Gasteiger partial charge in [-0.05, 0) is 31.4 Å². The minimum atomic E-state index is 0.830. The normalized spacial score (nSPS) is 14.7. The number of aromatic nitrogens is 5. The van der Waals surface area contributed by atoms with Gasteiger partial charge in [0, 0.05) is 50.3 Å². The highest BCUT2D eigenvalue weighted by Gasteiger charge is 2.20. The fourth-order valence-electron chi connectivity index (χ4n) is 3.06. The molecule has 4 heterocycles. The van der Waals surface area contributed by atoms with Crippen LogP contribution in [0.2, 0.25) is 0 Å². The van der Waals surface area contributed by atoms with Crippen molar-refractivity contribution < 1.29 is 0 Å². The van der Waals surface area contributed by atoms with Crippen molar-refractivity contribution in [2.75, 3.05) is 42.2 Å². The van der Waals surface area contributed by atoms with Crippen molar-refractivity contribution in [3.8, 4) is 5.82 Å². The van der Waals surface area contributed by atoms with Gasteiger partial charge in [-0.25, -0.2) is 19.6 Å². The summed E-state index contributed by atoms with van der Waals surface area (Å²) in [5.41, 5.74) is 1.01. The highest BCUT2D eigenvalue weighted by Crippen LogP contribution is 2.21. The zero-order chi connectivity index (χ0) is 17.9. The van der Waals surface area contributed by atoms with Crippen LogP contribution in [-0.2, 0) is 0 Å². The van der Waals surface area contributed by atoms with E-state index in [2.05, 4.69) is 37.0 Å².